The molecule has 0 aliphatic rings. The summed E-state index contributed by atoms with van der Waals surface area (Å²) in [6.07, 6.45) is 15.6. The lowest BCUT2D eigenvalue weighted by Gasteiger charge is -2.25. The molecule has 5 heteroatoms. The van der Waals surface area contributed by atoms with Crippen molar-refractivity contribution in [2.24, 2.45) is 0 Å². The van der Waals surface area contributed by atoms with E-state index in [9.17, 15) is 14.7 Å². The summed E-state index contributed by atoms with van der Waals surface area (Å²) < 4.78 is 4.85. The zero-order chi connectivity index (χ0) is 20.4. The molecular formula is C22H42O5. The molecule has 160 valence electrons. The van der Waals surface area contributed by atoms with E-state index >= 15 is 0 Å². The Labute approximate surface area is 165 Å². The van der Waals surface area contributed by atoms with Gasteiger partial charge in [-0.1, -0.05) is 90.4 Å². The zero-order valence-electron chi connectivity index (χ0n) is 17.6. The van der Waals surface area contributed by atoms with Gasteiger partial charge >= 0.3 is 11.9 Å². The smallest absolute Gasteiger partial charge is 0.308 e. The van der Waals surface area contributed by atoms with E-state index in [-0.39, 0.29) is 13.0 Å². The zero-order valence-corrected chi connectivity index (χ0v) is 17.6. The molecule has 0 amide bonds. The number of carbonyl (C=O) groups excluding carboxylic acids is 1. The fraction of sp³-hybridized carbons (Fsp3) is 0.909. The third-order valence-electron chi connectivity index (χ3n) is 5.00. The number of ether oxygens (including phenoxy) is 1. The summed E-state index contributed by atoms with van der Waals surface area (Å²) >= 11 is 0. The number of aliphatic hydroxyl groups is 1. The van der Waals surface area contributed by atoms with Crippen molar-refractivity contribution >= 4 is 11.9 Å². The van der Waals surface area contributed by atoms with Crippen molar-refractivity contribution in [3.63, 3.8) is 0 Å². The van der Waals surface area contributed by atoms with E-state index in [0.717, 1.165) is 19.3 Å². The number of rotatable bonds is 19. The lowest BCUT2D eigenvalue weighted by atomic mass is 9.89. The van der Waals surface area contributed by atoms with Crippen molar-refractivity contribution in [2.75, 3.05) is 6.61 Å². The van der Waals surface area contributed by atoms with Crippen LogP contribution in [0.15, 0.2) is 0 Å². The highest BCUT2D eigenvalue weighted by atomic mass is 16.5. The fourth-order valence-corrected chi connectivity index (χ4v) is 3.47. The average molecular weight is 387 g/mol. The second kappa shape index (κ2) is 17.0. The number of esters is 1. The van der Waals surface area contributed by atoms with Crippen molar-refractivity contribution < 1.29 is 24.5 Å². The maximum absolute atomic E-state index is 11.6. The standard InChI is InChI=1S/C22H42O5/c1-3-5-6-7-8-9-10-11-12-13-14-15-16-17-22(26,18-20(23)24)19-21(25)27-4-2/h26H,3-19H2,1-2H3,(H,23,24). The Balaban J connectivity index is 3.73. The minimum Gasteiger partial charge on any atom is -0.481 e. The van der Waals surface area contributed by atoms with Crippen molar-refractivity contribution in [2.45, 2.75) is 122 Å². The summed E-state index contributed by atoms with van der Waals surface area (Å²) in [6.45, 7) is 4.18. The molecule has 0 fully saturated rings. The predicted molar refractivity (Wildman–Crippen MR) is 109 cm³/mol. The molecule has 0 radical (unpaired) electrons. The number of carboxylic acids is 1. The molecule has 2 N–H and O–H groups in total. The van der Waals surface area contributed by atoms with Crippen LogP contribution in [-0.4, -0.2) is 34.4 Å². The highest BCUT2D eigenvalue weighted by Crippen LogP contribution is 2.24. The topological polar surface area (TPSA) is 83.8 Å². The molecule has 0 aromatic carbocycles. The number of hydrogen-bond acceptors (Lipinski definition) is 4. The number of carbonyl (C=O) groups is 2. The average Bonchev–Trinajstić information content (AvgIpc) is 2.58. The summed E-state index contributed by atoms with van der Waals surface area (Å²) in [5.74, 6) is -1.62. The van der Waals surface area contributed by atoms with E-state index in [0.29, 0.717) is 6.42 Å². The first-order chi connectivity index (χ1) is 12.9. The molecular weight excluding hydrogens is 344 g/mol. The van der Waals surface area contributed by atoms with Crippen molar-refractivity contribution in [1.82, 2.24) is 0 Å². The first-order valence-electron chi connectivity index (χ1n) is 11.0. The molecule has 0 aliphatic heterocycles. The minimum atomic E-state index is -1.49. The van der Waals surface area contributed by atoms with Gasteiger partial charge in [-0.25, -0.2) is 0 Å². The van der Waals surface area contributed by atoms with Crippen LogP contribution in [0, 0.1) is 0 Å². The monoisotopic (exact) mass is 386 g/mol. The van der Waals surface area contributed by atoms with Crippen LogP contribution in [-0.2, 0) is 14.3 Å². The normalized spacial score (nSPS) is 13.3. The van der Waals surface area contributed by atoms with E-state index in [1.165, 1.54) is 64.2 Å². The quantitative estimate of drug-likeness (QED) is 0.222. The van der Waals surface area contributed by atoms with Crippen molar-refractivity contribution in [3.05, 3.63) is 0 Å². The molecule has 0 aromatic heterocycles. The van der Waals surface area contributed by atoms with E-state index in [2.05, 4.69) is 6.92 Å². The molecule has 0 aliphatic carbocycles. The van der Waals surface area contributed by atoms with Crippen LogP contribution in [0.25, 0.3) is 0 Å². The van der Waals surface area contributed by atoms with Gasteiger partial charge in [0.2, 0.25) is 0 Å². The Kier molecular flexibility index (Phi) is 16.3. The Morgan fingerprint density at radius 2 is 1.19 bits per heavy atom. The number of carboxylic acid groups (broad SMARTS) is 1. The molecule has 0 rings (SSSR count). The summed E-state index contributed by atoms with van der Waals surface area (Å²) in [4.78, 5) is 22.6. The van der Waals surface area contributed by atoms with E-state index in [1.54, 1.807) is 6.92 Å². The molecule has 5 nitrogen and oxygen atoms in total. The van der Waals surface area contributed by atoms with Gasteiger partial charge < -0.3 is 14.9 Å². The third-order valence-corrected chi connectivity index (χ3v) is 5.00. The molecule has 1 unspecified atom stereocenters. The highest BCUT2D eigenvalue weighted by Gasteiger charge is 2.33. The highest BCUT2D eigenvalue weighted by molar-refractivity contribution is 5.73. The Bertz CT molecular complexity index is 383. The Morgan fingerprint density at radius 1 is 0.741 bits per heavy atom. The van der Waals surface area contributed by atoms with Crippen LogP contribution in [0.1, 0.15) is 117 Å². The van der Waals surface area contributed by atoms with Crippen LogP contribution < -0.4 is 0 Å². The predicted octanol–water partition coefficient (Wildman–Crippen LogP) is 5.63. The van der Waals surface area contributed by atoms with Crippen LogP contribution >= 0.6 is 0 Å². The first-order valence-corrected chi connectivity index (χ1v) is 11.0. The Morgan fingerprint density at radius 3 is 1.59 bits per heavy atom. The van der Waals surface area contributed by atoms with Gasteiger partial charge in [-0.2, -0.15) is 0 Å². The lowest BCUT2D eigenvalue weighted by molar-refractivity contribution is -0.153. The molecule has 0 heterocycles. The molecule has 0 bridgehead atoms. The number of hydrogen-bond donors (Lipinski definition) is 2. The van der Waals surface area contributed by atoms with Crippen molar-refractivity contribution in [3.8, 4) is 0 Å². The van der Waals surface area contributed by atoms with E-state index in [1.807, 2.05) is 0 Å². The summed E-state index contributed by atoms with van der Waals surface area (Å²) in [6, 6.07) is 0. The lowest BCUT2D eigenvalue weighted by Crippen LogP contribution is -2.35. The van der Waals surface area contributed by atoms with E-state index < -0.39 is 24.0 Å². The van der Waals surface area contributed by atoms with Gasteiger partial charge in [0.1, 0.15) is 0 Å². The summed E-state index contributed by atoms with van der Waals surface area (Å²) in [7, 11) is 0. The second-order valence-electron chi connectivity index (χ2n) is 7.77. The fourth-order valence-electron chi connectivity index (χ4n) is 3.47. The second-order valence-corrected chi connectivity index (χ2v) is 7.77. The largest absolute Gasteiger partial charge is 0.481 e. The molecule has 0 saturated carbocycles. The van der Waals surface area contributed by atoms with Gasteiger partial charge in [-0.3, -0.25) is 9.59 Å². The molecule has 27 heavy (non-hydrogen) atoms. The third kappa shape index (κ3) is 16.8. The maximum Gasteiger partial charge on any atom is 0.308 e. The molecule has 0 spiro atoms. The van der Waals surface area contributed by atoms with Crippen molar-refractivity contribution in [1.29, 1.82) is 0 Å². The van der Waals surface area contributed by atoms with Crippen LogP contribution in [0.4, 0.5) is 0 Å². The minimum absolute atomic E-state index is 0.237. The van der Waals surface area contributed by atoms with E-state index in [4.69, 9.17) is 9.84 Å². The molecule has 0 aromatic rings. The van der Waals surface area contributed by atoms with Gasteiger partial charge in [-0.05, 0) is 13.3 Å². The first kappa shape index (κ1) is 25.9. The maximum atomic E-state index is 11.6. The van der Waals surface area contributed by atoms with Crippen LogP contribution in [0.3, 0.4) is 0 Å². The number of unbranched alkanes of at least 4 members (excludes halogenated alkanes) is 12. The van der Waals surface area contributed by atoms with Gasteiger partial charge in [0.05, 0.1) is 25.0 Å². The summed E-state index contributed by atoms with van der Waals surface area (Å²) in [5.41, 5.74) is -1.49. The van der Waals surface area contributed by atoms with Crippen LogP contribution in [0.2, 0.25) is 0 Å². The SMILES string of the molecule is CCCCCCCCCCCCCCCC(O)(CC(=O)O)CC(=O)OCC. The van der Waals surface area contributed by atoms with Gasteiger partial charge in [0.15, 0.2) is 0 Å². The van der Waals surface area contributed by atoms with Crippen LogP contribution in [0.5, 0.6) is 0 Å². The molecule has 0 saturated heterocycles. The number of aliphatic carboxylic acids is 1. The molecule has 1 atom stereocenters. The van der Waals surface area contributed by atoms with Gasteiger partial charge in [0, 0.05) is 0 Å². The van der Waals surface area contributed by atoms with Gasteiger partial charge in [-0.15, -0.1) is 0 Å². The Hall–Kier alpha value is -1.10. The van der Waals surface area contributed by atoms with Gasteiger partial charge in [0.25, 0.3) is 0 Å². The summed E-state index contributed by atoms with van der Waals surface area (Å²) in [5, 5.41) is 19.5.